The van der Waals surface area contributed by atoms with Crippen LogP contribution in [0.1, 0.15) is 33.6 Å². The molecule has 2 heterocycles. The number of aromatic nitrogens is 2. The van der Waals surface area contributed by atoms with Gasteiger partial charge in [0.15, 0.2) is 5.16 Å². The van der Waals surface area contributed by atoms with Gasteiger partial charge in [0.25, 0.3) is 0 Å². The molecule has 1 aliphatic rings. The summed E-state index contributed by atoms with van der Waals surface area (Å²) in [4.78, 5) is 10.5. The summed E-state index contributed by atoms with van der Waals surface area (Å²) >= 11 is 8.36. The normalized spacial score (nSPS) is 17.5. The molecule has 1 aromatic heterocycles. The quantitative estimate of drug-likeness (QED) is 0.651. The fourth-order valence-corrected chi connectivity index (χ4v) is 4.31. The highest BCUT2D eigenvalue weighted by Gasteiger charge is 2.19. The number of hydrogen-bond acceptors (Lipinski definition) is 4. The van der Waals surface area contributed by atoms with Crippen LogP contribution in [0.4, 0.5) is 5.69 Å². The van der Waals surface area contributed by atoms with Crippen LogP contribution < -0.4 is 10.2 Å². The third kappa shape index (κ3) is 5.33. The Morgan fingerprint density at radius 1 is 1.32 bits per heavy atom. The van der Waals surface area contributed by atoms with Crippen molar-refractivity contribution < 1.29 is 0 Å². The molecule has 25 heavy (non-hydrogen) atoms. The van der Waals surface area contributed by atoms with E-state index >= 15 is 0 Å². The molecule has 0 saturated carbocycles. The first-order valence-corrected chi connectivity index (χ1v) is 9.70. The number of fused-ring (bicyclic) bond motifs is 1. The lowest BCUT2D eigenvalue weighted by Crippen LogP contribution is -2.49. The van der Waals surface area contributed by atoms with Gasteiger partial charge in [-0.2, -0.15) is 0 Å². The number of anilines is 1. The van der Waals surface area contributed by atoms with Crippen LogP contribution in [-0.2, 0) is 0 Å². The monoisotopic (exact) mass is 424 g/mol. The van der Waals surface area contributed by atoms with Gasteiger partial charge in [-0.05, 0) is 31.9 Å². The van der Waals surface area contributed by atoms with E-state index in [1.807, 2.05) is 17.8 Å². The molecule has 2 N–H and O–H groups in total. The van der Waals surface area contributed by atoms with Gasteiger partial charge in [0.2, 0.25) is 0 Å². The summed E-state index contributed by atoms with van der Waals surface area (Å²) in [7, 11) is 0. The van der Waals surface area contributed by atoms with Crippen LogP contribution in [0.15, 0.2) is 17.3 Å². The van der Waals surface area contributed by atoms with Crippen LogP contribution in [0.5, 0.6) is 0 Å². The summed E-state index contributed by atoms with van der Waals surface area (Å²) in [5.41, 5.74) is 3.13. The van der Waals surface area contributed by atoms with Crippen molar-refractivity contribution in [1.82, 2.24) is 15.3 Å². The highest BCUT2D eigenvalue weighted by molar-refractivity contribution is 7.99. The minimum Gasteiger partial charge on any atom is -0.367 e. The van der Waals surface area contributed by atoms with Gasteiger partial charge >= 0.3 is 0 Å². The van der Waals surface area contributed by atoms with Crippen molar-refractivity contribution >= 4 is 64.9 Å². The molecule has 4 nitrogen and oxygen atoms in total. The van der Waals surface area contributed by atoms with Crippen molar-refractivity contribution in [2.24, 2.45) is 0 Å². The van der Waals surface area contributed by atoms with E-state index < -0.39 is 0 Å². The van der Waals surface area contributed by atoms with E-state index in [1.54, 1.807) is 0 Å². The van der Waals surface area contributed by atoms with E-state index in [9.17, 15) is 0 Å². The van der Waals surface area contributed by atoms with Gasteiger partial charge in [0, 0.05) is 30.9 Å². The van der Waals surface area contributed by atoms with E-state index in [0.29, 0.717) is 11.3 Å². The maximum atomic E-state index is 6.53. The van der Waals surface area contributed by atoms with Gasteiger partial charge in [-0.3, -0.25) is 0 Å². The van der Waals surface area contributed by atoms with Gasteiger partial charge in [-0.25, -0.2) is 4.98 Å². The highest BCUT2D eigenvalue weighted by Crippen LogP contribution is 2.33. The molecular weight excluding hydrogens is 399 g/mol. The van der Waals surface area contributed by atoms with E-state index in [4.69, 9.17) is 16.6 Å². The molecule has 1 aliphatic heterocycles. The molecule has 8 heteroatoms. The number of benzene rings is 1. The van der Waals surface area contributed by atoms with Crippen molar-refractivity contribution in [1.29, 1.82) is 0 Å². The number of imidazole rings is 1. The summed E-state index contributed by atoms with van der Waals surface area (Å²) in [6.07, 6.45) is 2.31. The Labute approximate surface area is 171 Å². The molecular formula is C17H27Cl3N4S. The molecule has 0 aliphatic carbocycles. The van der Waals surface area contributed by atoms with Crippen LogP contribution in [0, 0.1) is 0 Å². The van der Waals surface area contributed by atoms with Crippen molar-refractivity contribution in [3.63, 3.8) is 0 Å². The lowest BCUT2D eigenvalue weighted by atomic mass is 10.2. The zero-order chi connectivity index (χ0) is 16.4. The first-order chi connectivity index (χ1) is 11.1. The summed E-state index contributed by atoms with van der Waals surface area (Å²) < 4.78 is 0. The number of rotatable bonds is 5. The molecule has 0 spiro atoms. The fraction of sp³-hybridized carbons (Fsp3) is 0.588. The lowest BCUT2D eigenvalue weighted by molar-refractivity contribution is 0.485. The smallest absolute Gasteiger partial charge is 0.166 e. The van der Waals surface area contributed by atoms with Crippen LogP contribution in [0.2, 0.25) is 5.02 Å². The van der Waals surface area contributed by atoms with Gasteiger partial charge in [0.05, 0.1) is 21.7 Å². The number of H-pyrrole nitrogens is 1. The number of piperazine rings is 1. The van der Waals surface area contributed by atoms with Crippen molar-refractivity contribution in [2.75, 3.05) is 24.5 Å². The SMILES string of the molecule is CCC(CC)Sc1nc2cc(Cl)c(N3CCN[C@@H](C)C3)cc2[nH]1.Cl.Cl. The van der Waals surface area contributed by atoms with Crippen molar-refractivity contribution in [2.45, 2.75) is 50.1 Å². The van der Waals surface area contributed by atoms with Gasteiger partial charge in [-0.15, -0.1) is 24.8 Å². The van der Waals surface area contributed by atoms with Gasteiger partial charge in [0.1, 0.15) is 0 Å². The number of hydrogen-bond donors (Lipinski definition) is 2. The summed E-state index contributed by atoms with van der Waals surface area (Å²) in [5.74, 6) is 0. The van der Waals surface area contributed by atoms with Crippen LogP contribution in [0.3, 0.4) is 0 Å². The Morgan fingerprint density at radius 3 is 2.68 bits per heavy atom. The molecule has 3 rings (SSSR count). The summed E-state index contributed by atoms with van der Waals surface area (Å²) in [6.45, 7) is 9.62. The number of aromatic amines is 1. The molecule has 0 unspecified atom stereocenters. The first kappa shape index (κ1) is 22.7. The van der Waals surface area contributed by atoms with Gasteiger partial charge in [-0.1, -0.05) is 37.2 Å². The zero-order valence-electron chi connectivity index (χ0n) is 14.8. The van der Waals surface area contributed by atoms with Crippen LogP contribution >= 0.6 is 48.2 Å². The maximum absolute atomic E-state index is 6.53. The van der Waals surface area contributed by atoms with Crippen LogP contribution in [0.25, 0.3) is 11.0 Å². The molecule has 0 amide bonds. The molecule has 2 aromatic rings. The number of nitrogens with one attached hydrogen (secondary N) is 2. The summed E-state index contributed by atoms with van der Waals surface area (Å²) in [6, 6.07) is 4.63. The Balaban J connectivity index is 0.00000156. The van der Waals surface area contributed by atoms with E-state index in [-0.39, 0.29) is 24.8 Å². The molecule has 1 fully saturated rings. The number of halogens is 3. The zero-order valence-corrected chi connectivity index (χ0v) is 18.0. The standard InChI is InChI=1S/C17H25ClN4S.2ClH/c1-4-12(5-2)23-17-20-14-8-13(18)16(9-15(14)21-17)22-7-6-19-11(3)10-22;;/h8-9,11-12,19H,4-7,10H2,1-3H3,(H,20,21);2*1H/t11-;;/m0../s1. The number of nitrogens with zero attached hydrogens (tertiary/aromatic N) is 2. The highest BCUT2D eigenvalue weighted by atomic mass is 35.5. The average molecular weight is 426 g/mol. The predicted octanol–water partition coefficient (Wildman–Crippen LogP) is 5.14. The molecule has 1 saturated heterocycles. The predicted molar refractivity (Wildman–Crippen MR) is 116 cm³/mol. The first-order valence-electron chi connectivity index (χ1n) is 8.45. The third-order valence-electron chi connectivity index (χ3n) is 4.43. The minimum absolute atomic E-state index is 0. The second kappa shape index (κ2) is 10.1. The third-order valence-corrected chi connectivity index (χ3v) is 6.15. The molecule has 1 aromatic carbocycles. The van der Waals surface area contributed by atoms with Crippen molar-refractivity contribution in [3.8, 4) is 0 Å². The van der Waals surface area contributed by atoms with E-state index in [2.05, 4.69) is 42.0 Å². The molecule has 142 valence electrons. The Morgan fingerprint density at radius 2 is 2.04 bits per heavy atom. The Kier molecular flexibility index (Phi) is 9.19. The average Bonchev–Trinajstić information content (AvgIpc) is 2.93. The lowest BCUT2D eigenvalue weighted by Gasteiger charge is -2.34. The van der Waals surface area contributed by atoms with Crippen LogP contribution in [-0.4, -0.2) is 40.9 Å². The maximum Gasteiger partial charge on any atom is 0.166 e. The topological polar surface area (TPSA) is 44.0 Å². The Hall–Kier alpha value is -0.330. The van der Waals surface area contributed by atoms with E-state index in [1.165, 1.54) is 0 Å². The largest absolute Gasteiger partial charge is 0.367 e. The minimum atomic E-state index is 0. The van der Waals surface area contributed by atoms with E-state index in [0.717, 1.165) is 59.4 Å². The van der Waals surface area contributed by atoms with Gasteiger partial charge < -0.3 is 15.2 Å². The summed E-state index contributed by atoms with van der Waals surface area (Å²) in [5, 5.41) is 5.86. The molecule has 1 atom stereocenters. The second-order valence-electron chi connectivity index (χ2n) is 6.22. The second-order valence-corrected chi connectivity index (χ2v) is 7.92. The van der Waals surface area contributed by atoms with Crippen molar-refractivity contribution in [3.05, 3.63) is 17.2 Å². The molecule has 0 radical (unpaired) electrons. The fourth-order valence-electron chi connectivity index (χ4n) is 3.06. The number of thioether (sulfide) groups is 1. The molecule has 0 bridgehead atoms. The Bertz CT molecular complexity index is 675.